The van der Waals surface area contributed by atoms with Gasteiger partial charge in [-0.25, -0.2) is 0 Å². The van der Waals surface area contributed by atoms with Crippen LogP contribution in [0.5, 0.6) is 5.75 Å². The Bertz CT molecular complexity index is 413. The molecule has 0 amide bonds. The van der Waals surface area contributed by atoms with Gasteiger partial charge >= 0.3 is 0 Å². The van der Waals surface area contributed by atoms with Gasteiger partial charge in [0, 0.05) is 28.3 Å². The van der Waals surface area contributed by atoms with E-state index in [2.05, 4.69) is 0 Å². The van der Waals surface area contributed by atoms with Crippen LogP contribution in [0.3, 0.4) is 0 Å². The number of hydrogen-bond acceptors (Lipinski definition) is 3. The molecule has 1 aliphatic rings. The van der Waals surface area contributed by atoms with E-state index in [0.717, 1.165) is 17.1 Å². The minimum atomic E-state index is -0.804. The third-order valence-corrected chi connectivity index (χ3v) is 5.38. The van der Waals surface area contributed by atoms with Crippen LogP contribution in [-0.4, -0.2) is 22.8 Å². The van der Waals surface area contributed by atoms with Crippen molar-refractivity contribution in [2.24, 2.45) is 11.7 Å². The first kappa shape index (κ1) is 14.5. The van der Waals surface area contributed by atoms with Crippen LogP contribution in [0.15, 0.2) is 24.3 Å². The molecular formula is C15H23NO2S. The van der Waals surface area contributed by atoms with Gasteiger partial charge in [-0.2, -0.15) is 0 Å². The topological polar surface area (TPSA) is 52.3 Å². The fraction of sp³-hybridized carbons (Fsp3) is 0.600. The Morgan fingerprint density at radius 2 is 1.95 bits per heavy atom. The molecule has 0 spiro atoms. The van der Waals surface area contributed by atoms with Gasteiger partial charge in [0.15, 0.2) is 0 Å². The molecule has 3 nitrogen and oxygen atoms in total. The zero-order valence-corrected chi connectivity index (χ0v) is 12.3. The molecule has 2 N–H and O–H groups in total. The molecule has 2 rings (SSSR count). The number of ether oxygens (including phenoxy) is 1. The van der Waals surface area contributed by atoms with Crippen molar-refractivity contribution < 1.29 is 8.95 Å². The Labute approximate surface area is 118 Å². The largest absolute Gasteiger partial charge is 0.497 e. The molecule has 106 valence electrons. The highest BCUT2D eigenvalue weighted by molar-refractivity contribution is 7.85. The molecule has 0 heterocycles. The van der Waals surface area contributed by atoms with Crippen LogP contribution in [0.25, 0.3) is 0 Å². The predicted molar refractivity (Wildman–Crippen MR) is 79.8 cm³/mol. The Kier molecular flexibility index (Phi) is 5.40. The predicted octanol–water partition coefficient (Wildman–Crippen LogP) is 2.63. The lowest BCUT2D eigenvalue weighted by molar-refractivity contribution is 0.414. The number of methoxy groups -OCH3 is 1. The Morgan fingerprint density at radius 1 is 1.32 bits per heavy atom. The molecule has 1 aliphatic carbocycles. The van der Waals surface area contributed by atoms with Crippen molar-refractivity contribution >= 4 is 10.8 Å². The van der Waals surface area contributed by atoms with Crippen molar-refractivity contribution in [3.05, 3.63) is 29.8 Å². The fourth-order valence-corrected chi connectivity index (χ4v) is 4.24. The minimum absolute atomic E-state index is 0.145. The number of nitrogens with two attached hydrogens (primary N) is 1. The highest BCUT2D eigenvalue weighted by Crippen LogP contribution is 2.26. The highest BCUT2D eigenvalue weighted by Gasteiger charge is 2.19. The molecule has 2 unspecified atom stereocenters. The summed E-state index contributed by atoms with van der Waals surface area (Å²) < 4.78 is 17.2. The summed E-state index contributed by atoms with van der Waals surface area (Å²) in [7, 11) is 0.841. The van der Waals surface area contributed by atoms with E-state index in [-0.39, 0.29) is 6.04 Å². The molecule has 2 atom stereocenters. The van der Waals surface area contributed by atoms with E-state index >= 15 is 0 Å². The van der Waals surface area contributed by atoms with Crippen LogP contribution in [0.2, 0.25) is 0 Å². The van der Waals surface area contributed by atoms with Gasteiger partial charge in [-0.05, 0) is 36.5 Å². The lowest BCUT2D eigenvalue weighted by Gasteiger charge is -2.14. The van der Waals surface area contributed by atoms with E-state index in [9.17, 15) is 4.21 Å². The summed E-state index contributed by atoms with van der Waals surface area (Å²) in [5.74, 6) is 2.86. The van der Waals surface area contributed by atoms with Gasteiger partial charge in [0.25, 0.3) is 0 Å². The number of hydrogen-bond donors (Lipinski definition) is 1. The van der Waals surface area contributed by atoms with Crippen molar-refractivity contribution in [3.8, 4) is 5.75 Å². The standard InChI is InChI=1S/C15H23NO2S/c1-18-14-8-6-13(7-9-14)15(16)11-19(17)10-12-4-2-3-5-12/h6-9,12,15H,2-5,10-11,16H2,1H3. The van der Waals surface area contributed by atoms with Gasteiger partial charge in [-0.1, -0.05) is 25.0 Å². The van der Waals surface area contributed by atoms with Crippen molar-refractivity contribution in [1.29, 1.82) is 0 Å². The lowest BCUT2D eigenvalue weighted by Crippen LogP contribution is -2.21. The molecule has 1 aromatic carbocycles. The Balaban J connectivity index is 1.84. The molecule has 1 fully saturated rings. The molecule has 0 bridgehead atoms. The van der Waals surface area contributed by atoms with Gasteiger partial charge in [-0.15, -0.1) is 0 Å². The van der Waals surface area contributed by atoms with Crippen LogP contribution in [-0.2, 0) is 10.8 Å². The smallest absolute Gasteiger partial charge is 0.118 e. The van der Waals surface area contributed by atoms with E-state index < -0.39 is 10.8 Å². The summed E-state index contributed by atoms with van der Waals surface area (Å²) in [4.78, 5) is 0. The second-order valence-corrected chi connectivity index (χ2v) is 6.85. The molecule has 4 heteroatoms. The summed E-state index contributed by atoms with van der Waals surface area (Å²) >= 11 is 0. The van der Waals surface area contributed by atoms with Gasteiger partial charge in [0.1, 0.15) is 5.75 Å². The first-order valence-corrected chi connectivity index (χ1v) is 8.42. The summed E-state index contributed by atoms with van der Waals surface area (Å²) in [6.45, 7) is 0. The molecule has 1 aromatic rings. The average molecular weight is 281 g/mol. The van der Waals surface area contributed by atoms with Crippen LogP contribution >= 0.6 is 0 Å². The monoisotopic (exact) mass is 281 g/mol. The van der Waals surface area contributed by atoms with E-state index in [1.807, 2.05) is 24.3 Å². The second-order valence-electron chi connectivity index (χ2n) is 5.30. The number of benzene rings is 1. The van der Waals surface area contributed by atoms with Gasteiger partial charge in [0.05, 0.1) is 7.11 Å². The number of rotatable bonds is 6. The molecule has 0 aromatic heterocycles. The van der Waals surface area contributed by atoms with Crippen molar-refractivity contribution in [3.63, 3.8) is 0 Å². The van der Waals surface area contributed by atoms with Gasteiger partial charge in [0.2, 0.25) is 0 Å². The third kappa shape index (κ3) is 4.32. The maximum Gasteiger partial charge on any atom is 0.118 e. The average Bonchev–Trinajstić information content (AvgIpc) is 2.91. The van der Waals surface area contributed by atoms with Crippen LogP contribution in [0.4, 0.5) is 0 Å². The van der Waals surface area contributed by atoms with Crippen LogP contribution in [0.1, 0.15) is 37.3 Å². The highest BCUT2D eigenvalue weighted by atomic mass is 32.2. The molecule has 1 saturated carbocycles. The maximum absolute atomic E-state index is 12.1. The fourth-order valence-electron chi connectivity index (χ4n) is 2.66. The van der Waals surface area contributed by atoms with E-state index in [1.54, 1.807) is 7.11 Å². The van der Waals surface area contributed by atoms with Crippen molar-refractivity contribution in [2.75, 3.05) is 18.6 Å². The molecular weight excluding hydrogens is 258 g/mol. The first-order chi connectivity index (χ1) is 9.19. The summed E-state index contributed by atoms with van der Waals surface area (Å²) in [6, 6.07) is 7.56. The van der Waals surface area contributed by atoms with Crippen molar-refractivity contribution in [2.45, 2.75) is 31.7 Å². The second kappa shape index (κ2) is 7.06. The maximum atomic E-state index is 12.1. The Morgan fingerprint density at radius 3 is 2.53 bits per heavy atom. The summed E-state index contributed by atoms with van der Waals surface area (Å²) in [5, 5.41) is 0. The molecule has 0 radical (unpaired) electrons. The van der Waals surface area contributed by atoms with E-state index in [0.29, 0.717) is 11.7 Å². The van der Waals surface area contributed by atoms with Crippen LogP contribution in [0, 0.1) is 5.92 Å². The molecule has 19 heavy (non-hydrogen) atoms. The van der Waals surface area contributed by atoms with Crippen LogP contribution < -0.4 is 10.5 Å². The lowest BCUT2D eigenvalue weighted by atomic mass is 10.1. The third-order valence-electron chi connectivity index (χ3n) is 3.81. The Hall–Kier alpha value is -0.870. The van der Waals surface area contributed by atoms with Gasteiger partial charge in [-0.3, -0.25) is 4.21 Å². The minimum Gasteiger partial charge on any atom is -0.497 e. The normalized spacial score (nSPS) is 19.3. The SMILES string of the molecule is COc1ccc(C(N)CS(=O)CC2CCCC2)cc1. The molecule has 0 aliphatic heterocycles. The summed E-state index contributed by atoms with van der Waals surface area (Å²) in [5.41, 5.74) is 7.16. The van der Waals surface area contributed by atoms with E-state index in [1.165, 1.54) is 25.7 Å². The van der Waals surface area contributed by atoms with Crippen molar-refractivity contribution in [1.82, 2.24) is 0 Å². The zero-order chi connectivity index (χ0) is 13.7. The zero-order valence-electron chi connectivity index (χ0n) is 11.5. The first-order valence-electron chi connectivity index (χ1n) is 6.93. The summed E-state index contributed by atoms with van der Waals surface area (Å²) in [6.07, 6.45) is 5.08. The molecule has 0 saturated heterocycles. The quantitative estimate of drug-likeness (QED) is 0.872. The van der Waals surface area contributed by atoms with E-state index in [4.69, 9.17) is 10.5 Å². The van der Waals surface area contributed by atoms with Gasteiger partial charge < -0.3 is 10.5 Å².